The van der Waals surface area contributed by atoms with Gasteiger partial charge in [-0.3, -0.25) is 0 Å². The van der Waals surface area contributed by atoms with Gasteiger partial charge in [0.25, 0.3) is 0 Å². The Balaban J connectivity index is 1.36. The highest BCUT2D eigenvalue weighted by Gasteiger charge is 2.21. The van der Waals surface area contributed by atoms with Gasteiger partial charge in [-0.25, -0.2) is 8.42 Å². The average molecular weight is 513 g/mol. The smallest absolute Gasteiger partial charge is 0.206 e. The SMILES string of the molecule is C=C(CCC1=CC=CC1)C(C)c1ccc(S(=O)(=O)c2ccc(C(C)C(C)CCC3=CC=CC3)cc2)cc1. The van der Waals surface area contributed by atoms with Crippen molar-refractivity contribution in [3.63, 3.8) is 0 Å². The minimum absolute atomic E-state index is 0.190. The predicted octanol–water partition coefficient (Wildman–Crippen LogP) is 9.25. The van der Waals surface area contributed by atoms with Crippen LogP contribution in [0.1, 0.15) is 82.3 Å². The van der Waals surface area contributed by atoms with Crippen LogP contribution in [0.25, 0.3) is 0 Å². The summed E-state index contributed by atoms with van der Waals surface area (Å²) < 4.78 is 26.6. The first-order chi connectivity index (χ1) is 17.8. The van der Waals surface area contributed by atoms with Gasteiger partial charge in [0.15, 0.2) is 0 Å². The summed E-state index contributed by atoms with van der Waals surface area (Å²) in [7, 11) is -3.56. The first-order valence-electron chi connectivity index (χ1n) is 13.6. The Kier molecular flexibility index (Phi) is 8.87. The van der Waals surface area contributed by atoms with E-state index in [-0.39, 0.29) is 5.92 Å². The number of allylic oxidation sites excluding steroid dienone is 9. The molecule has 0 saturated carbocycles. The number of hydrogen-bond donors (Lipinski definition) is 0. The van der Waals surface area contributed by atoms with E-state index in [0.29, 0.717) is 21.6 Å². The van der Waals surface area contributed by atoms with E-state index in [9.17, 15) is 8.42 Å². The van der Waals surface area contributed by atoms with Gasteiger partial charge in [0.05, 0.1) is 9.79 Å². The fourth-order valence-corrected chi connectivity index (χ4v) is 6.40. The molecule has 4 rings (SSSR count). The molecule has 2 nitrogen and oxygen atoms in total. The Morgan fingerprint density at radius 1 is 0.784 bits per heavy atom. The van der Waals surface area contributed by atoms with E-state index in [1.807, 2.05) is 24.3 Å². The second-order valence-electron chi connectivity index (χ2n) is 10.7. The van der Waals surface area contributed by atoms with E-state index in [2.05, 4.69) is 63.8 Å². The van der Waals surface area contributed by atoms with Crippen molar-refractivity contribution in [1.29, 1.82) is 0 Å². The van der Waals surface area contributed by atoms with Gasteiger partial charge in [-0.2, -0.15) is 0 Å². The standard InChI is InChI=1S/C34H40O2S/c1-25(13-15-29-9-5-6-10-29)27(3)31-17-21-33(22-18-31)37(35,36)34-23-19-32(20-24-34)28(4)26(2)14-16-30-11-7-8-12-30/h5-9,11,17-24,26-28H,1,10,12-16H2,2-4H3. The predicted molar refractivity (Wildman–Crippen MR) is 156 cm³/mol. The first kappa shape index (κ1) is 27.1. The van der Waals surface area contributed by atoms with Crippen LogP contribution in [-0.2, 0) is 9.84 Å². The largest absolute Gasteiger partial charge is 0.219 e. The molecule has 2 aliphatic carbocycles. The van der Waals surface area contributed by atoms with Crippen molar-refractivity contribution in [2.75, 3.05) is 0 Å². The Bertz CT molecular complexity index is 1320. The molecule has 2 aromatic carbocycles. The molecule has 194 valence electrons. The third-order valence-electron chi connectivity index (χ3n) is 8.26. The number of rotatable bonds is 12. The fraction of sp³-hybridized carbons (Fsp3) is 0.353. The zero-order valence-electron chi connectivity index (χ0n) is 22.5. The van der Waals surface area contributed by atoms with Crippen LogP contribution in [-0.4, -0.2) is 8.42 Å². The van der Waals surface area contributed by atoms with E-state index in [4.69, 9.17) is 0 Å². The molecule has 0 amide bonds. The number of benzene rings is 2. The maximum atomic E-state index is 13.3. The quantitative estimate of drug-likeness (QED) is 0.266. The van der Waals surface area contributed by atoms with Gasteiger partial charge in [0, 0.05) is 5.92 Å². The lowest BCUT2D eigenvalue weighted by molar-refractivity contribution is 0.451. The average Bonchev–Trinajstić information content (AvgIpc) is 3.64. The van der Waals surface area contributed by atoms with E-state index in [0.717, 1.165) is 44.1 Å². The molecule has 0 N–H and O–H groups in total. The normalized spacial score (nSPS) is 17.4. The molecule has 0 saturated heterocycles. The van der Waals surface area contributed by atoms with Crippen molar-refractivity contribution in [3.8, 4) is 0 Å². The molecule has 3 heteroatoms. The van der Waals surface area contributed by atoms with Crippen LogP contribution in [0.3, 0.4) is 0 Å². The molecule has 0 fully saturated rings. The van der Waals surface area contributed by atoms with Crippen LogP contribution in [0.5, 0.6) is 0 Å². The van der Waals surface area contributed by atoms with Crippen LogP contribution in [0.2, 0.25) is 0 Å². The van der Waals surface area contributed by atoms with Crippen LogP contribution in [0, 0.1) is 5.92 Å². The Morgan fingerprint density at radius 2 is 1.30 bits per heavy atom. The Morgan fingerprint density at radius 3 is 1.81 bits per heavy atom. The maximum Gasteiger partial charge on any atom is 0.206 e. The summed E-state index contributed by atoms with van der Waals surface area (Å²) in [5, 5.41) is 0. The zero-order chi connectivity index (χ0) is 26.4. The molecule has 37 heavy (non-hydrogen) atoms. The number of sulfone groups is 1. The summed E-state index contributed by atoms with van der Waals surface area (Å²) in [6, 6.07) is 14.9. The first-order valence-corrected chi connectivity index (χ1v) is 15.1. The van der Waals surface area contributed by atoms with E-state index >= 15 is 0 Å². The molecule has 3 unspecified atom stereocenters. The number of hydrogen-bond acceptors (Lipinski definition) is 2. The van der Waals surface area contributed by atoms with Crippen molar-refractivity contribution in [1.82, 2.24) is 0 Å². The van der Waals surface area contributed by atoms with E-state index in [1.165, 1.54) is 22.3 Å². The highest BCUT2D eigenvalue weighted by molar-refractivity contribution is 7.91. The summed E-state index contributed by atoms with van der Waals surface area (Å²) >= 11 is 0. The minimum Gasteiger partial charge on any atom is -0.219 e. The topological polar surface area (TPSA) is 34.1 Å². The second kappa shape index (κ2) is 12.1. The lowest BCUT2D eigenvalue weighted by atomic mass is 9.85. The van der Waals surface area contributed by atoms with Gasteiger partial charge >= 0.3 is 0 Å². The van der Waals surface area contributed by atoms with Gasteiger partial charge in [0.1, 0.15) is 0 Å². The molecule has 0 heterocycles. The summed E-state index contributed by atoms with van der Waals surface area (Å²) in [4.78, 5) is 0.686. The van der Waals surface area contributed by atoms with Crippen molar-refractivity contribution in [2.24, 2.45) is 5.92 Å². The molecule has 0 bridgehead atoms. The van der Waals surface area contributed by atoms with Crippen LogP contribution in [0.15, 0.2) is 118 Å². The third kappa shape index (κ3) is 6.70. The lowest BCUT2D eigenvalue weighted by Gasteiger charge is -2.21. The van der Waals surface area contributed by atoms with Crippen LogP contribution < -0.4 is 0 Å². The molecular weight excluding hydrogens is 472 g/mol. The lowest BCUT2D eigenvalue weighted by Crippen LogP contribution is -2.08. The van der Waals surface area contributed by atoms with Crippen molar-refractivity contribution >= 4 is 9.84 Å². The van der Waals surface area contributed by atoms with Gasteiger partial charge in [-0.1, -0.05) is 105 Å². The Hall–Kier alpha value is -2.91. The zero-order valence-corrected chi connectivity index (χ0v) is 23.3. The highest BCUT2D eigenvalue weighted by atomic mass is 32.2. The monoisotopic (exact) mass is 512 g/mol. The minimum atomic E-state index is -3.56. The highest BCUT2D eigenvalue weighted by Crippen LogP contribution is 2.33. The van der Waals surface area contributed by atoms with Crippen LogP contribution in [0.4, 0.5) is 0 Å². The maximum absolute atomic E-state index is 13.3. The summed E-state index contributed by atoms with van der Waals surface area (Å²) in [6.07, 6.45) is 19.5. The molecule has 0 spiro atoms. The third-order valence-corrected chi connectivity index (χ3v) is 10.0. The molecule has 0 aromatic heterocycles. The Labute approximate surface area is 224 Å². The molecule has 2 aromatic rings. The second-order valence-corrected chi connectivity index (χ2v) is 12.7. The van der Waals surface area contributed by atoms with Gasteiger partial charge in [-0.15, -0.1) is 0 Å². The van der Waals surface area contributed by atoms with Crippen molar-refractivity contribution < 1.29 is 8.42 Å². The molecule has 2 aliphatic rings. The fourth-order valence-electron chi connectivity index (χ4n) is 5.14. The molecule has 0 aliphatic heterocycles. The van der Waals surface area contributed by atoms with Gasteiger partial charge < -0.3 is 0 Å². The summed E-state index contributed by atoms with van der Waals surface area (Å²) in [5.41, 5.74) is 6.43. The molecule has 0 radical (unpaired) electrons. The van der Waals surface area contributed by atoms with E-state index < -0.39 is 9.84 Å². The van der Waals surface area contributed by atoms with Crippen molar-refractivity contribution in [3.05, 3.63) is 119 Å². The molecular formula is C34H40O2S. The summed E-state index contributed by atoms with van der Waals surface area (Å²) in [5.74, 6) is 1.09. The molecule has 3 atom stereocenters. The summed E-state index contributed by atoms with van der Waals surface area (Å²) in [6.45, 7) is 11.0. The van der Waals surface area contributed by atoms with Crippen molar-refractivity contribution in [2.45, 2.75) is 80.9 Å². The van der Waals surface area contributed by atoms with Crippen LogP contribution >= 0.6 is 0 Å². The van der Waals surface area contributed by atoms with Gasteiger partial charge in [0.2, 0.25) is 9.84 Å². The van der Waals surface area contributed by atoms with E-state index in [1.54, 1.807) is 24.3 Å². The van der Waals surface area contributed by atoms with Gasteiger partial charge in [-0.05, 0) is 85.8 Å².